The molecule has 1 saturated heterocycles. The van der Waals surface area contributed by atoms with Crippen molar-refractivity contribution < 1.29 is 18.0 Å². The van der Waals surface area contributed by atoms with Gasteiger partial charge in [-0.05, 0) is 18.2 Å². The van der Waals surface area contributed by atoms with Gasteiger partial charge in [0.1, 0.15) is 0 Å². The second-order valence-electron chi connectivity index (χ2n) is 3.40. The number of hydrogen-bond donors (Lipinski definition) is 1. The van der Waals surface area contributed by atoms with Crippen molar-refractivity contribution >= 4 is 17.7 Å². The third-order valence-electron chi connectivity index (χ3n) is 2.13. The van der Waals surface area contributed by atoms with Crippen LogP contribution >= 0.6 is 11.8 Å². The Kier molecular flexibility index (Phi) is 2.84. The molecule has 1 aromatic rings. The van der Waals surface area contributed by atoms with Crippen molar-refractivity contribution in [1.29, 1.82) is 0 Å². The normalized spacial score (nSPS) is 20.2. The van der Waals surface area contributed by atoms with Gasteiger partial charge in [-0.1, -0.05) is 6.07 Å². The maximum absolute atomic E-state index is 12.4. The molecule has 1 fully saturated rings. The lowest BCUT2D eigenvalue weighted by atomic mass is 10.2. The number of benzene rings is 1. The van der Waals surface area contributed by atoms with Gasteiger partial charge >= 0.3 is 6.18 Å². The number of rotatable bonds is 2. The number of carbonyl (C=O) groups is 1. The van der Waals surface area contributed by atoms with Gasteiger partial charge in [-0.2, -0.15) is 13.2 Å². The van der Waals surface area contributed by atoms with Crippen molar-refractivity contribution in [1.82, 2.24) is 5.32 Å². The van der Waals surface area contributed by atoms with Gasteiger partial charge in [-0.15, -0.1) is 11.8 Å². The summed E-state index contributed by atoms with van der Waals surface area (Å²) in [7, 11) is 0. The van der Waals surface area contributed by atoms with E-state index < -0.39 is 11.7 Å². The molecule has 1 heterocycles. The summed E-state index contributed by atoms with van der Waals surface area (Å²) in [6.45, 7) is 0. The molecule has 0 aliphatic carbocycles. The van der Waals surface area contributed by atoms with Crippen LogP contribution in [0.15, 0.2) is 29.2 Å². The van der Waals surface area contributed by atoms with E-state index in [1.165, 1.54) is 17.8 Å². The third-order valence-corrected chi connectivity index (χ3v) is 3.23. The van der Waals surface area contributed by atoms with Crippen molar-refractivity contribution in [2.45, 2.75) is 22.9 Å². The van der Waals surface area contributed by atoms with Crippen molar-refractivity contribution in [3.05, 3.63) is 29.8 Å². The van der Waals surface area contributed by atoms with Crippen molar-refractivity contribution in [2.75, 3.05) is 0 Å². The van der Waals surface area contributed by atoms with Crippen LogP contribution in [0, 0.1) is 0 Å². The van der Waals surface area contributed by atoms with E-state index in [9.17, 15) is 18.0 Å². The fourth-order valence-electron chi connectivity index (χ4n) is 1.31. The number of halogens is 3. The highest BCUT2D eigenvalue weighted by Crippen LogP contribution is 2.34. The summed E-state index contributed by atoms with van der Waals surface area (Å²) in [4.78, 5) is 11.1. The third kappa shape index (κ3) is 2.49. The quantitative estimate of drug-likeness (QED) is 0.814. The highest BCUT2D eigenvalue weighted by Gasteiger charge is 2.31. The first-order chi connectivity index (χ1) is 7.45. The molecule has 1 aliphatic heterocycles. The van der Waals surface area contributed by atoms with E-state index in [4.69, 9.17) is 0 Å². The van der Waals surface area contributed by atoms with Crippen LogP contribution in [0.5, 0.6) is 0 Å². The molecule has 0 bridgehead atoms. The van der Waals surface area contributed by atoms with Crippen molar-refractivity contribution in [2.24, 2.45) is 0 Å². The number of amides is 1. The van der Waals surface area contributed by atoms with Gasteiger partial charge in [-0.25, -0.2) is 0 Å². The van der Waals surface area contributed by atoms with Crippen LogP contribution < -0.4 is 5.32 Å². The lowest BCUT2D eigenvalue weighted by molar-refractivity contribution is -0.137. The van der Waals surface area contributed by atoms with E-state index in [2.05, 4.69) is 5.32 Å². The Hall–Kier alpha value is -1.17. The van der Waals surface area contributed by atoms with Crippen LogP contribution in [-0.4, -0.2) is 11.3 Å². The minimum absolute atomic E-state index is 0.0653. The molecule has 1 aliphatic rings. The summed E-state index contributed by atoms with van der Waals surface area (Å²) in [5, 5.41) is 2.49. The van der Waals surface area contributed by atoms with Crippen LogP contribution in [0.3, 0.4) is 0 Å². The number of alkyl halides is 3. The molecule has 1 aromatic carbocycles. The van der Waals surface area contributed by atoms with Gasteiger partial charge in [0, 0.05) is 4.90 Å². The summed E-state index contributed by atoms with van der Waals surface area (Å²) < 4.78 is 37.2. The van der Waals surface area contributed by atoms with E-state index in [1.807, 2.05) is 0 Å². The van der Waals surface area contributed by atoms with Crippen LogP contribution in [-0.2, 0) is 11.0 Å². The molecule has 1 amide bonds. The summed E-state index contributed by atoms with van der Waals surface area (Å²) in [5.41, 5.74) is -0.664. The lowest BCUT2D eigenvalue weighted by Gasteiger charge is -2.26. The molecule has 0 spiro atoms. The maximum atomic E-state index is 12.4. The van der Waals surface area contributed by atoms with Gasteiger partial charge in [0.25, 0.3) is 0 Å². The SMILES string of the molecule is O=C1CC(Sc2cccc(C(F)(F)F)c2)N1. The zero-order valence-corrected chi connectivity index (χ0v) is 8.86. The molecule has 0 saturated carbocycles. The Morgan fingerprint density at radius 2 is 2.06 bits per heavy atom. The number of nitrogens with one attached hydrogen (secondary N) is 1. The topological polar surface area (TPSA) is 29.1 Å². The number of carbonyl (C=O) groups excluding carboxylic acids is 1. The minimum Gasteiger partial charge on any atom is -0.343 e. The average Bonchev–Trinajstić information content (AvgIpc) is 2.14. The monoisotopic (exact) mass is 247 g/mol. The number of thioether (sulfide) groups is 1. The zero-order chi connectivity index (χ0) is 11.8. The molecule has 86 valence electrons. The number of hydrogen-bond acceptors (Lipinski definition) is 2. The first-order valence-electron chi connectivity index (χ1n) is 4.58. The van der Waals surface area contributed by atoms with Gasteiger partial charge in [-0.3, -0.25) is 4.79 Å². The summed E-state index contributed by atoms with van der Waals surface area (Å²) in [5.74, 6) is -0.0653. The highest BCUT2D eigenvalue weighted by atomic mass is 32.2. The first-order valence-corrected chi connectivity index (χ1v) is 5.46. The van der Waals surface area contributed by atoms with E-state index in [-0.39, 0.29) is 11.3 Å². The Morgan fingerprint density at radius 1 is 1.38 bits per heavy atom. The van der Waals surface area contributed by atoms with E-state index in [0.29, 0.717) is 11.3 Å². The summed E-state index contributed by atoms with van der Waals surface area (Å²) >= 11 is 1.23. The standard InChI is InChI=1S/C10H8F3NOS/c11-10(12,13)6-2-1-3-7(4-6)16-9-5-8(15)14-9/h1-4,9H,5H2,(H,14,15). The fraction of sp³-hybridized carbons (Fsp3) is 0.300. The van der Waals surface area contributed by atoms with E-state index in [0.717, 1.165) is 12.1 Å². The summed E-state index contributed by atoms with van der Waals surface area (Å²) in [6, 6.07) is 5.09. The first kappa shape index (κ1) is 11.3. The van der Waals surface area contributed by atoms with Gasteiger partial charge in [0.05, 0.1) is 17.4 Å². The number of β-lactam (4-membered cyclic amide) rings is 1. The van der Waals surface area contributed by atoms with E-state index >= 15 is 0 Å². The molecule has 2 nitrogen and oxygen atoms in total. The zero-order valence-electron chi connectivity index (χ0n) is 8.04. The lowest BCUT2D eigenvalue weighted by Crippen LogP contribution is -2.46. The minimum atomic E-state index is -4.32. The Balaban J connectivity index is 2.07. The van der Waals surface area contributed by atoms with Crippen LogP contribution in [0.1, 0.15) is 12.0 Å². The second-order valence-corrected chi connectivity index (χ2v) is 4.68. The van der Waals surface area contributed by atoms with Crippen LogP contribution in [0.4, 0.5) is 13.2 Å². The highest BCUT2D eigenvalue weighted by molar-refractivity contribution is 8.00. The Bertz CT molecular complexity index is 411. The molecular formula is C10H8F3NOS. The van der Waals surface area contributed by atoms with Gasteiger partial charge in [0.2, 0.25) is 5.91 Å². The Labute approximate surface area is 94.2 Å². The molecule has 1 N–H and O–H groups in total. The molecule has 0 radical (unpaired) electrons. The summed E-state index contributed by atoms with van der Waals surface area (Å²) in [6.07, 6.45) is -3.96. The predicted octanol–water partition coefficient (Wildman–Crippen LogP) is 2.64. The van der Waals surface area contributed by atoms with Crippen LogP contribution in [0.2, 0.25) is 0 Å². The average molecular weight is 247 g/mol. The van der Waals surface area contributed by atoms with Gasteiger partial charge < -0.3 is 5.32 Å². The molecule has 16 heavy (non-hydrogen) atoms. The van der Waals surface area contributed by atoms with Gasteiger partial charge in [0.15, 0.2) is 0 Å². The maximum Gasteiger partial charge on any atom is 0.416 e. The molecule has 1 atom stereocenters. The smallest absolute Gasteiger partial charge is 0.343 e. The van der Waals surface area contributed by atoms with Crippen molar-refractivity contribution in [3.8, 4) is 0 Å². The van der Waals surface area contributed by atoms with Crippen LogP contribution in [0.25, 0.3) is 0 Å². The molecular weight excluding hydrogens is 239 g/mol. The second kappa shape index (κ2) is 4.01. The largest absolute Gasteiger partial charge is 0.416 e. The van der Waals surface area contributed by atoms with E-state index in [1.54, 1.807) is 6.07 Å². The molecule has 1 unspecified atom stereocenters. The fourth-order valence-corrected chi connectivity index (χ4v) is 2.41. The molecule has 2 rings (SSSR count). The Morgan fingerprint density at radius 3 is 2.62 bits per heavy atom. The van der Waals surface area contributed by atoms with Crippen molar-refractivity contribution in [3.63, 3.8) is 0 Å². The molecule has 6 heteroatoms. The predicted molar refractivity (Wildman–Crippen MR) is 53.8 cm³/mol. The molecule has 0 aromatic heterocycles.